The first-order valence-electron chi connectivity index (χ1n) is 3.06. The van der Waals surface area contributed by atoms with Crippen LogP contribution in [-0.2, 0) is 0 Å². The Morgan fingerprint density at radius 3 is 2.90 bits per heavy atom. The van der Waals surface area contributed by atoms with E-state index in [1.807, 2.05) is 0 Å². The van der Waals surface area contributed by atoms with Gasteiger partial charge in [0.25, 0.3) is 0 Å². The second-order valence-electron chi connectivity index (χ2n) is 1.84. The van der Waals surface area contributed by atoms with Gasteiger partial charge >= 0.3 is 0 Å². The van der Waals surface area contributed by atoms with Crippen LogP contribution in [0.15, 0.2) is 24.3 Å². The zero-order valence-electron chi connectivity index (χ0n) is 5.84. The summed E-state index contributed by atoms with van der Waals surface area (Å²) < 4.78 is 0. The van der Waals surface area contributed by atoms with Crippen molar-refractivity contribution >= 4 is 6.21 Å². The first-order chi connectivity index (χ1) is 4.81. The molecule has 0 radical (unpaired) electrons. The van der Waals surface area contributed by atoms with Gasteiger partial charge in [0.2, 0.25) is 0 Å². The molecule has 0 saturated carbocycles. The van der Waals surface area contributed by atoms with E-state index in [1.165, 1.54) is 6.21 Å². The van der Waals surface area contributed by atoms with Crippen molar-refractivity contribution in [1.82, 2.24) is 0 Å². The number of hydrogen-bond acceptors (Lipinski definition) is 2. The summed E-state index contributed by atoms with van der Waals surface area (Å²) in [6, 6.07) is 0. The third-order valence-corrected chi connectivity index (χ3v) is 0.962. The predicted molar refractivity (Wildman–Crippen MR) is 42.3 cm³/mol. The molecule has 0 aliphatic heterocycles. The Labute approximate surface area is 60.5 Å². The van der Waals surface area contributed by atoms with Gasteiger partial charge < -0.3 is 10.9 Å². The molecule has 0 heterocycles. The normalized spacial score (nSPS) is 11.3. The molecule has 3 heteroatoms. The molecule has 0 aliphatic carbocycles. The molecule has 0 fully saturated rings. The van der Waals surface area contributed by atoms with E-state index >= 15 is 0 Å². The van der Waals surface area contributed by atoms with E-state index in [9.17, 15) is 5.21 Å². The van der Waals surface area contributed by atoms with E-state index < -0.39 is 0 Å². The van der Waals surface area contributed by atoms with Crippen molar-refractivity contribution in [1.29, 1.82) is 0 Å². The molecule has 0 rings (SSSR count). The van der Waals surface area contributed by atoms with Crippen LogP contribution in [0.25, 0.3) is 0 Å². The van der Waals surface area contributed by atoms with E-state index in [1.54, 1.807) is 17.3 Å². The van der Waals surface area contributed by atoms with Crippen LogP contribution < -0.4 is 10.9 Å². The fourth-order valence-corrected chi connectivity index (χ4v) is 0.492. The van der Waals surface area contributed by atoms with Gasteiger partial charge in [-0.1, -0.05) is 18.2 Å². The summed E-state index contributed by atoms with van der Waals surface area (Å²) in [4.78, 5) is 0. The maximum absolute atomic E-state index is 9.66. The highest BCUT2D eigenvalue weighted by Crippen LogP contribution is 1.95. The third-order valence-electron chi connectivity index (χ3n) is 0.962. The number of allylic oxidation sites excluding steroid dienone is 2. The monoisotopic (exact) mass is 140 g/mol. The Bertz CT molecular complexity index is 150. The molecule has 0 aromatic carbocycles. The van der Waals surface area contributed by atoms with Crippen LogP contribution in [0, 0.1) is 5.21 Å². The van der Waals surface area contributed by atoms with Crippen molar-refractivity contribution in [3.63, 3.8) is 0 Å². The van der Waals surface area contributed by atoms with Crippen molar-refractivity contribution in [3.05, 3.63) is 29.5 Å². The van der Waals surface area contributed by atoms with Gasteiger partial charge in [0.15, 0.2) is 6.21 Å². The lowest BCUT2D eigenvalue weighted by atomic mass is 10.2. The minimum Gasteiger partial charge on any atom is -0.625 e. The average molecular weight is 140 g/mol. The molecular weight excluding hydrogens is 128 g/mol. The van der Waals surface area contributed by atoms with Gasteiger partial charge in [-0.15, -0.1) is 0 Å². The smallest absolute Gasteiger partial charge is 0.172 e. The summed E-state index contributed by atoms with van der Waals surface area (Å²) in [6.45, 7) is 4.29. The molecule has 0 aromatic heterocycles. The largest absolute Gasteiger partial charge is 0.625 e. The molecule has 0 amide bonds. The van der Waals surface area contributed by atoms with Crippen molar-refractivity contribution in [2.24, 2.45) is 5.73 Å². The Morgan fingerprint density at radius 1 is 1.70 bits per heavy atom. The van der Waals surface area contributed by atoms with Crippen molar-refractivity contribution in [2.45, 2.75) is 6.42 Å². The Morgan fingerprint density at radius 2 is 2.40 bits per heavy atom. The van der Waals surface area contributed by atoms with Crippen LogP contribution in [0.1, 0.15) is 6.42 Å². The number of nitrogens with one attached hydrogen (secondary N) is 1. The molecule has 0 aromatic rings. The highest BCUT2D eigenvalue weighted by Gasteiger charge is 1.83. The summed E-state index contributed by atoms with van der Waals surface area (Å²) in [5.74, 6) is 0. The van der Waals surface area contributed by atoms with Crippen molar-refractivity contribution in [3.8, 4) is 0 Å². The lowest BCUT2D eigenvalue weighted by Crippen LogP contribution is -2.59. The first kappa shape index (κ1) is 8.91. The summed E-state index contributed by atoms with van der Waals surface area (Å²) >= 11 is 0. The summed E-state index contributed by atoms with van der Waals surface area (Å²) in [5, 5.41) is 11.3. The standard InChI is InChI=1S/C7H12N2O/c1-7(4-5-8)3-2-6-9-10/h2-3,6,9H,1,4-5,8H2/b3-2-,9-6+. The Kier molecular flexibility index (Phi) is 5.38. The van der Waals surface area contributed by atoms with Crippen LogP contribution >= 0.6 is 0 Å². The van der Waals surface area contributed by atoms with Gasteiger partial charge in [0.1, 0.15) is 0 Å². The SMILES string of the molecule is C=C(/C=C\C=[NH+]\[O-])CCN. The summed E-state index contributed by atoms with van der Waals surface area (Å²) in [6.07, 6.45) is 5.41. The molecule has 0 spiro atoms. The predicted octanol–water partition coefficient (Wildman–Crippen LogP) is -0.903. The molecule has 0 aliphatic rings. The molecule has 56 valence electrons. The van der Waals surface area contributed by atoms with Crippen LogP contribution in [0.4, 0.5) is 0 Å². The van der Waals surface area contributed by atoms with Crippen LogP contribution in [0.5, 0.6) is 0 Å². The highest BCUT2D eigenvalue weighted by atomic mass is 16.4. The van der Waals surface area contributed by atoms with Crippen LogP contribution in [0.2, 0.25) is 0 Å². The maximum atomic E-state index is 9.66. The van der Waals surface area contributed by atoms with Gasteiger partial charge in [0.05, 0.1) is 0 Å². The quantitative estimate of drug-likeness (QED) is 0.230. The number of rotatable bonds is 4. The Balaban J connectivity index is 3.56. The highest BCUT2D eigenvalue weighted by molar-refractivity contribution is 5.66. The minimum absolute atomic E-state index is 0.591. The fourth-order valence-electron chi connectivity index (χ4n) is 0.492. The van der Waals surface area contributed by atoms with E-state index in [-0.39, 0.29) is 0 Å². The van der Waals surface area contributed by atoms with Crippen molar-refractivity contribution < 1.29 is 5.16 Å². The minimum atomic E-state index is 0.591. The van der Waals surface area contributed by atoms with Crippen molar-refractivity contribution in [2.75, 3.05) is 6.54 Å². The van der Waals surface area contributed by atoms with Gasteiger partial charge in [-0.3, -0.25) is 0 Å². The Hall–Kier alpha value is -1.09. The lowest BCUT2D eigenvalue weighted by Gasteiger charge is -1.91. The molecule has 0 atom stereocenters. The summed E-state index contributed by atoms with van der Waals surface area (Å²) in [5.41, 5.74) is 6.18. The van der Waals surface area contributed by atoms with Gasteiger partial charge in [-0.2, -0.15) is 0 Å². The molecular formula is C7H12N2O. The zero-order valence-corrected chi connectivity index (χ0v) is 5.84. The van der Waals surface area contributed by atoms with Gasteiger partial charge in [0, 0.05) is 6.08 Å². The molecule has 3 N–H and O–H groups in total. The number of nitrogens with two attached hydrogens (primary N) is 1. The van der Waals surface area contributed by atoms with E-state index in [0.29, 0.717) is 6.54 Å². The molecule has 0 bridgehead atoms. The average Bonchev–Trinajstić information content (AvgIpc) is 1.89. The van der Waals surface area contributed by atoms with E-state index in [2.05, 4.69) is 6.58 Å². The van der Waals surface area contributed by atoms with E-state index in [4.69, 9.17) is 5.73 Å². The van der Waals surface area contributed by atoms with Gasteiger partial charge in [-0.05, 0) is 13.0 Å². The fraction of sp³-hybridized carbons (Fsp3) is 0.286. The van der Waals surface area contributed by atoms with Crippen LogP contribution in [-0.4, -0.2) is 12.8 Å². The lowest BCUT2D eigenvalue weighted by molar-refractivity contribution is -0.366. The summed E-state index contributed by atoms with van der Waals surface area (Å²) in [7, 11) is 0. The topological polar surface area (TPSA) is 63.0 Å². The molecule has 0 unspecified atom stereocenters. The zero-order chi connectivity index (χ0) is 7.82. The molecule has 10 heavy (non-hydrogen) atoms. The number of hydrogen-bond donors (Lipinski definition) is 2. The van der Waals surface area contributed by atoms with Gasteiger partial charge in [-0.25, -0.2) is 5.16 Å². The second kappa shape index (κ2) is 6.04. The molecule has 0 saturated heterocycles. The van der Waals surface area contributed by atoms with E-state index in [0.717, 1.165) is 12.0 Å². The third kappa shape index (κ3) is 5.05. The maximum Gasteiger partial charge on any atom is 0.172 e. The van der Waals surface area contributed by atoms with Crippen LogP contribution in [0.3, 0.4) is 0 Å². The second-order valence-corrected chi connectivity index (χ2v) is 1.84. The first-order valence-corrected chi connectivity index (χ1v) is 3.06. The molecule has 3 nitrogen and oxygen atoms in total.